The van der Waals surface area contributed by atoms with E-state index in [0.717, 1.165) is 25.7 Å². The Kier molecular flexibility index (Phi) is 12.9. The second kappa shape index (κ2) is 13.7. The number of nitrogens with two attached hydrogens (primary N) is 1. The van der Waals surface area contributed by atoms with Crippen LogP contribution in [0.3, 0.4) is 0 Å². The molecule has 5 nitrogen and oxygen atoms in total. The van der Waals surface area contributed by atoms with Gasteiger partial charge in [-0.1, -0.05) is 65.2 Å². The fourth-order valence-electron chi connectivity index (χ4n) is 2.26. The Morgan fingerprint density at radius 2 is 1.24 bits per heavy atom. The summed E-state index contributed by atoms with van der Waals surface area (Å²) in [7, 11) is 0. The van der Waals surface area contributed by atoms with Gasteiger partial charge in [0, 0.05) is 13.1 Å². The minimum absolute atomic E-state index is 0.603. The average molecular weight is 300 g/mol. The molecule has 0 heterocycles. The van der Waals surface area contributed by atoms with Crippen molar-refractivity contribution in [3.63, 3.8) is 0 Å². The first-order chi connectivity index (χ1) is 10.1. The van der Waals surface area contributed by atoms with Crippen LogP contribution in [0.4, 0.5) is 9.59 Å². The molecule has 0 aromatic heterocycles. The highest BCUT2D eigenvalue weighted by Crippen LogP contribution is 2.08. The summed E-state index contributed by atoms with van der Waals surface area (Å²) in [5.74, 6) is 0. The molecule has 0 aliphatic heterocycles. The van der Waals surface area contributed by atoms with Gasteiger partial charge in [0.2, 0.25) is 0 Å². The van der Waals surface area contributed by atoms with E-state index in [4.69, 9.17) is 5.73 Å². The van der Waals surface area contributed by atoms with Gasteiger partial charge >= 0.3 is 12.2 Å². The van der Waals surface area contributed by atoms with Crippen molar-refractivity contribution in [1.82, 2.24) is 4.90 Å². The van der Waals surface area contributed by atoms with Crippen molar-refractivity contribution in [3.05, 3.63) is 0 Å². The smallest absolute Gasteiger partial charge is 0.359 e. The van der Waals surface area contributed by atoms with Gasteiger partial charge in [-0.15, -0.1) is 0 Å². The summed E-state index contributed by atoms with van der Waals surface area (Å²) in [5, 5.41) is 0. The van der Waals surface area contributed by atoms with Crippen molar-refractivity contribution in [2.24, 2.45) is 5.73 Å². The van der Waals surface area contributed by atoms with Crippen molar-refractivity contribution >= 4 is 12.2 Å². The largest absolute Gasteiger partial charge is 0.418 e. The number of carbonyl (C=O) groups excluding carboxylic acids is 2. The summed E-state index contributed by atoms with van der Waals surface area (Å²) in [4.78, 5) is 24.1. The van der Waals surface area contributed by atoms with E-state index in [1.54, 1.807) is 4.90 Å². The zero-order chi connectivity index (χ0) is 15.9. The summed E-state index contributed by atoms with van der Waals surface area (Å²) in [6.07, 6.45) is 9.69. The monoisotopic (exact) mass is 300 g/mol. The molecule has 124 valence electrons. The molecule has 0 saturated carbocycles. The third-order valence-electron chi connectivity index (χ3n) is 3.51. The van der Waals surface area contributed by atoms with E-state index in [1.165, 1.54) is 38.5 Å². The zero-order valence-corrected chi connectivity index (χ0v) is 13.7. The zero-order valence-electron chi connectivity index (χ0n) is 13.7. The van der Waals surface area contributed by atoms with E-state index in [2.05, 4.69) is 18.6 Å². The minimum atomic E-state index is -1.03. The maximum atomic E-state index is 11.8. The summed E-state index contributed by atoms with van der Waals surface area (Å²) >= 11 is 0. The Bertz CT molecular complexity index is 269. The molecular formula is C16H32N2O3. The second-order valence-electron chi connectivity index (χ2n) is 5.50. The molecule has 0 spiro atoms. The van der Waals surface area contributed by atoms with Crippen LogP contribution in [0.15, 0.2) is 0 Å². The van der Waals surface area contributed by atoms with Crippen molar-refractivity contribution < 1.29 is 14.3 Å². The quantitative estimate of drug-likeness (QED) is 0.427. The van der Waals surface area contributed by atoms with Crippen LogP contribution in [0, 0.1) is 0 Å². The van der Waals surface area contributed by atoms with Crippen molar-refractivity contribution in [1.29, 1.82) is 0 Å². The number of nitrogens with zero attached hydrogens (tertiary/aromatic N) is 1. The molecule has 2 N–H and O–H groups in total. The molecule has 21 heavy (non-hydrogen) atoms. The fourth-order valence-corrected chi connectivity index (χ4v) is 2.26. The van der Waals surface area contributed by atoms with Gasteiger partial charge in [0.05, 0.1) is 0 Å². The lowest BCUT2D eigenvalue weighted by Crippen LogP contribution is -2.36. The van der Waals surface area contributed by atoms with Crippen LogP contribution in [-0.4, -0.2) is 30.2 Å². The molecule has 0 aliphatic carbocycles. The molecule has 0 saturated heterocycles. The number of hydrogen-bond donors (Lipinski definition) is 1. The molecule has 0 atom stereocenters. The molecule has 0 aromatic rings. The predicted octanol–water partition coefficient (Wildman–Crippen LogP) is 4.44. The minimum Gasteiger partial charge on any atom is -0.359 e. The standard InChI is InChI=1S/C16H32N2O3/c1-3-5-7-9-11-13-18(16(20)21-15(17)19)14-12-10-8-6-4-2/h3-14H2,1-2H3,(H2,17,19). The fraction of sp³-hybridized carbons (Fsp3) is 0.875. The van der Waals surface area contributed by atoms with Gasteiger partial charge < -0.3 is 15.4 Å². The Hall–Kier alpha value is -1.26. The van der Waals surface area contributed by atoms with Gasteiger partial charge in [0.15, 0.2) is 0 Å². The Balaban J connectivity index is 4.02. The Morgan fingerprint density at radius 3 is 1.62 bits per heavy atom. The maximum Gasteiger partial charge on any atom is 0.418 e. The number of carbonyl (C=O) groups is 2. The third-order valence-corrected chi connectivity index (χ3v) is 3.51. The first-order valence-corrected chi connectivity index (χ1v) is 8.38. The van der Waals surface area contributed by atoms with Crippen LogP contribution in [0.25, 0.3) is 0 Å². The summed E-state index contributed by atoms with van der Waals surface area (Å²) in [5.41, 5.74) is 4.91. The third kappa shape index (κ3) is 12.2. The van der Waals surface area contributed by atoms with Crippen LogP contribution >= 0.6 is 0 Å². The predicted molar refractivity (Wildman–Crippen MR) is 85.2 cm³/mol. The first-order valence-electron chi connectivity index (χ1n) is 8.38. The van der Waals surface area contributed by atoms with Gasteiger partial charge in [-0.25, -0.2) is 9.59 Å². The van der Waals surface area contributed by atoms with Gasteiger partial charge in [0.25, 0.3) is 0 Å². The van der Waals surface area contributed by atoms with Crippen LogP contribution in [-0.2, 0) is 4.74 Å². The number of primary amides is 1. The SMILES string of the molecule is CCCCCCCN(CCCCCCC)C(=O)OC(N)=O. The highest BCUT2D eigenvalue weighted by Gasteiger charge is 2.16. The molecule has 0 unspecified atom stereocenters. The molecule has 2 amide bonds. The molecule has 0 aliphatic rings. The normalized spacial score (nSPS) is 10.4. The number of unbranched alkanes of at least 4 members (excludes halogenated alkanes) is 8. The van der Waals surface area contributed by atoms with Crippen LogP contribution in [0.2, 0.25) is 0 Å². The Morgan fingerprint density at radius 1 is 0.810 bits per heavy atom. The van der Waals surface area contributed by atoms with Crippen molar-refractivity contribution in [2.75, 3.05) is 13.1 Å². The maximum absolute atomic E-state index is 11.8. The second-order valence-corrected chi connectivity index (χ2v) is 5.50. The lowest BCUT2D eigenvalue weighted by atomic mass is 10.1. The van der Waals surface area contributed by atoms with Crippen molar-refractivity contribution in [2.45, 2.75) is 78.1 Å². The highest BCUT2D eigenvalue weighted by atomic mass is 16.6. The number of hydrogen-bond acceptors (Lipinski definition) is 3. The molecule has 0 bridgehead atoms. The lowest BCUT2D eigenvalue weighted by Gasteiger charge is -2.21. The number of rotatable bonds is 12. The topological polar surface area (TPSA) is 72.6 Å². The van der Waals surface area contributed by atoms with Gasteiger partial charge in [-0.3, -0.25) is 0 Å². The molecule has 0 aromatic carbocycles. The van der Waals surface area contributed by atoms with Gasteiger partial charge in [-0.05, 0) is 12.8 Å². The van der Waals surface area contributed by atoms with E-state index >= 15 is 0 Å². The molecule has 5 heteroatoms. The summed E-state index contributed by atoms with van der Waals surface area (Å²) in [6.45, 7) is 5.63. The number of ether oxygens (including phenoxy) is 1. The van der Waals surface area contributed by atoms with Gasteiger partial charge in [0.1, 0.15) is 0 Å². The molecular weight excluding hydrogens is 268 g/mol. The first kappa shape index (κ1) is 19.7. The van der Waals surface area contributed by atoms with E-state index < -0.39 is 12.2 Å². The van der Waals surface area contributed by atoms with Crippen LogP contribution in [0.5, 0.6) is 0 Å². The molecule has 0 radical (unpaired) electrons. The van der Waals surface area contributed by atoms with Crippen LogP contribution in [0.1, 0.15) is 78.1 Å². The summed E-state index contributed by atoms with van der Waals surface area (Å²) < 4.78 is 4.49. The Labute approximate surface area is 129 Å². The van der Waals surface area contributed by atoms with E-state index in [1.807, 2.05) is 0 Å². The van der Waals surface area contributed by atoms with E-state index in [0.29, 0.717) is 13.1 Å². The van der Waals surface area contributed by atoms with Crippen LogP contribution < -0.4 is 5.73 Å². The molecule has 0 rings (SSSR count). The van der Waals surface area contributed by atoms with Gasteiger partial charge in [-0.2, -0.15) is 0 Å². The lowest BCUT2D eigenvalue weighted by molar-refractivity contribution is 0.120. The van der Waals surface area contributed by atoms with E-state index in [-0.39, 0.29) is 0 Å². The highest BCUT2D eigenvalue weighted by molar-refractivity contribution is 5.82. The number of amides is 2. The summed E-state index contributed by atoms with van der Waals surface area (Å²) in [6, 6.07) is 0. The molecule has 0 fully saturated rings. The average Bonchev–Trinajstić information content (AvgIpc) is 2.43. The van der Waals surface area contributed by atoms with Crippen molar-refractivity contribution in [3.8, 4) is 0 Å². The van der Waals surface area contributed by atoms with E-state index in [9.17, 15) is 9.59 Å².